The third-order valence-electron chi connectivity index (χ3n) is 2.14. The summed E-state index contributed by atoms with van der Waals surface area (Å²) in [6, 6.07) is 0. The lowest BCUT2D eigenvalue weighted by Gasteiger charge is -2.03. The van der Waals surface area contributed by atoms with E-state index in [1.807, 2.05) is 0 Å². The Morgan fingerprint density at radius 1 is 0.833 bits per heavy atom. The van der Waals surface area contributed by atoms with Gasteiger partial charge in [-0.15, -0.1) is 0 Å². The first-order valence-corrected chi connectivity index (χ1v) is 5.28. The molecule has 0 amide bonds. The van der Waals surface area contributed by atoms with Crippen molar-refractivity contribution in [2.24, 2.45) is 5.92 Å². The zero-order chi connectivity index (χ0) is 9.23. The fraction of sp³-hybridized carbons (Fsp3) is 0.833. The number of unbranched alkanes of at least 4 members (excludes halogenated alkanes) is 6. The fourth-order valence-corrected chi connectivity index (χ4v) is 1.34. The average Bonchev–Trinajstić information content (AvgIpc) is 2.02. The van der Waals surface area contributed by atoms with E-state index < -0.39 is 0 Å². The highest BCUT2D eigenvalue weighted by atomic mass is 14.0. The van der Waals surface area contributed by atoms with Crippen molar-refractivity contribution in [2.45, 2.75) is 58.3 Å². The normalized spacial score (nSPS) is 11.0. The van der Waals surface area contributed by atoms with E-state index in [9.17, 15) is 0 Å². The second-order valence-electron chi connectivity index (χ2n) is 3.57. The van der Waals surface area contributed by atoms with Gasteiger partial charge < -0.3 is 0 Å². The number of hydrogen-bond donors (Lipinski definition) is 0. The molecule has 0 aliphatic heterocycles. The smallest absolute Gasteiger partial charge is 0.0315 e. The zero-order valence-corrected chi connectivity index (χ0v) is 8.39. The van der Waals surface area contributed by atoms with Gasteiger partial charge in [-0.1, -0.05) is 51.9 Å². The van der Waals surface area contributed by atoms with Crippen LogP contribution in [-0.2, 0) is 0 Å². The van der Waals surface area contributed by atoms with E-state index in [0.717, 1.165) is 6.42 Å². The fourth-order valence-electron chi connectivity index (χ4n) is 1.34. The van der Waals surface area contributed by atoms with Crippen molar-refractivity contribution >= 4 is 0 Å². The second kappa shape index (κ2) is 9.09. The number of hydrogen-bond acceptors (Lipinski definition) is 0. The van der Waals surface area contributed by atoms with Crippen LogP contribution >= 0.6 is 0 Å². The third-order valence-corrected chi connectivity index (χ3v) is 2.14. The summed E-state index contributed by atoms with van der Waals surface area (Å²) in [6.07, 6.45) is 10.3. The maximum Gasteiger partial charge on any atom is -0.0315 e. The largest absolute Gasteiger partial charge is 0.0654 e. The molecule has 0 nitrogen and oxygen atoms in total. The summed E-state index contributed by atoms with van der Waals surface area (Å²) < 4.78 is 0. The molecule has 0 aromatic rings. The van der Waals surface area contributed by atoms with Gasteiger partial charge in [0.2, 0.25) is 0 Å². The molecule has 0 aromatic carbocycles. The Hall–Kier alpha value is 0. The predicted molar refractivity (Wildman–Crippen MR) is 54.7 cm³/mol. The van der Waals surface area contributed by atoms with E-state index in [1.54, 1.807) is 0 Å². The molecule has 0 heteroatoms. The molecule has 12 heavy (non-hydrogen) atoms. The lowest BCUT2D eigenvalue weighted by atomic mass is 10.0. The van der Waals surface area contributed by atoms with Crippen molar-refractivity contribution < 1.29 is 0 Å². The summed E-state index contributed by atoms with van der Waals surface area (Å²) in [5, 5.41) is 0. The number of rotatable bonds is 8. The van der Waals surface area contributed by atoms with Crippen LogP contribution < -0.4 is 0 Å². The first-order valence-electron chi connectivity index (χ1n) is 5.28. The average molecular weight is 166 g/mol. The van der Waals surface area contributed by atoms with Gasteiger partial charge in [0, 0.05) is 0 Å². The summed E-state index contributed by atoms with van der Waals surface area (Å²) >= 11 is 0. The first-order chi connectivity index (χ1) is 5.77. The van der Waals surface area contributed by atoms with Gasteiger partial charge in [0.15, 0.2) is 0 Å². The van der Waals surface area contributed by atoms with Crippen LogP contribution in [-0.4, -0.2) is 0 Å². The molecule has 4 radical (unpaired) electrons. The molecule has 0 N–H and O–H groups in total. The van der Waals surface area contributed by atoms with Gasteiger partial charge in [-0.25, -0.2) is 0 Å². The second-order valence-corrected chi connectivity index (χ2v) is 3.57. The summed E-state index contributed by atoms with van der Waals surface area (Å²) in [5.41, 5.74) is 0. The highest BCUT2D eigenvalue weighted by Gasteiger charge is 1.94. The molecular formula is C12H22. The molecule has 0 aromatic heterocycles. The molecule has 0 spiro atoms. The van der Waals surface area contributed by atoms with Crippen LogP contribution in [0.5, 0.6) is 0 Å². The molecule has 70 valence electrons. The van der Waals surface area contributed by atoms with E-state index in [-0.39, 0.29) is 5.92 Å². The molecular weight excluding hydrogens is 144 g/mol. The van der Waals surface area contributed by atoms with Gasteiger partial charge in [0.25, 0.3) is 0 Å². The minimum Gasteiger partial charge on any atom is -0.0654 e. The lowest BCUT2D eigenvalue weighted by Crippen LogP contribution is -1.87. The summed E-state index contributed by atoms with van der Waals surface area (Å²) in [4.78, 5) is 0. The van der Waals surface area contributed by atoms with E-state index in [0.29, 0.717) is 0 Å². The maximum atomic E-state index is 5.43. The van der Waals surface area contributed by atoms with Crippen molar-refractivity contribution in [2.75, 3.05) is 0 Å². The van der Waals surface area contributed by atoms with Crippen molar-refractivity contribution in [3.63, 3.8) is 0 Å². The van der Waals surface area contributed by atoms with Crippen molar-refractivity contribution in [3.8, 4) is 0 Å². The Morgan fingerprint density at radius 2 is 1.33 bits per heavy atom. The molecule has 0 bridgehead atoms. The topological polar surface area (TPSA) is 0 Å². The molecule has 0 heterocycles. The van der Waals surface area contributed by atoms with E-state index in [2.05, 4.69) is 6.92 Å². The van der Waals surface area contributed by atoms with Gasteiger partial charge in [-0.3, -0.25) is 0 Å². The monoisotopic (exact) mass is 166 g/mol. The molecule has 0 rings (SSSR count). The lowest BCUT2D eigenvalue weighted by molar-refractivity contribution is 0.553. The van der Waals surface area contributed by atoms with Crippen molar-refractivity contribution in [1.82, 2.24) is 0 Å². The minimum atomic E-state index is -0.0966. The van der Waals surface area contributed by atoms with E-state index in [1.165, 1.54) is 44.9 Å². The summed E-state index contributed by atoms with van der Waals surface area (Å²) in [5.74, 6) is -0.0966. The van der Waals surface area contributed by atoms with Crippen LogP contribution in [0.4, 0.5) is 0 Å². The van der Waals surface area contributed by atoms with Crippen LogP contribution in [0.2, 0.25) is 0 Å². The van der Waals surface area contributed by atoms with Crippen molar-refractivity contribution in [3.05, 3.63) is 13.8 Å². The van der Waals surface area contributed by atoms with Crippen LogP contribution in [0.15, 0.2) is 0 Å². The van der Waals surface area contributed by atoms with Crippen LogP contribution in [0.25, 0.3) is 0 Å². The Balaban J connectivity index is 2.82. The van der Waals surface area contributed by atoms with Gasteiger partial charge in [0.05, 0.1) is 0 Å². The highest BCUT2D eigenvalue weighted by molar-refractivity contribution is 4.62. The molecule has 0 unspecified atom stereocenters. The van der Waals surface area contributed by atoms with Gasteiger partial charge in [0.1, 0.15) is 0 Å². The minimum absolute atomic E-state index is 0.0966. The molecule has 0 atom stereocenters. The van der Waals surface area contributed by atoms with Gasteiger partial charge in [-0.05, 0) is 26.2 Å². The van der Waals surface area contributed by atoms with Crippen LogP contribution in [0.1, 0.15) is 58.3 Å². The molecule has 0 saturated carbocycles. The standard InChI is InChI=1S/C12H22/c1-4-5-6-7-8-9-10-11-12(2)3/h2-3,12H,4-11H2,1H3. The molecule has 0 aliphatic carbocycles. The van der Waals surface area contributed by atoms with E-state index in [4.69, 9.17) is 13.8 Å². The predicted octanol–water partition coefficient (Wildman–Crippen LogP) is 4.17. The summed E-state index contributed by atoms with van der Waals surface area (Å²) in [7, 11) is 0. The Morgan fingerprint density at radius 3 is 1.83 bits per heavy atom. The maximum absolute atomic E-state index is 5.43. The quantitative estimate of drug-likeness (QED) is 0.475. The van der Waals surface area contributed by atoms with Crippen LogP contribution in [0, 0.1) is 19.8 Å². The SMILES string of the molecule is [CH]C([CH])CCCCCCCCC. The van der Waals surface area contributed by atoms with Crippen molar-refractivity contribution in [1.29, 1.82) is 0 Å². The summed E-state index contributed by atoms with van der Waals surface area (Å²) in [6.45, 7) is 13.1. The Bertz CT molecular complexity index is 74.1. The van der Waals surface area contributed by atoms with Gasteiger partial charge >= 0.3 is 0 Å². The van der Waals surface area contributed by atoms with Crippen LogP contribution in [0.3, 0.4) is 0 Å². The Labute approximate surface area is 78.8 Å². The molecule has 0 aliphatic rings. The van der Waals surface area contributed by atoms with E-state index >= 15 is 0 Å². The Kier molecular flexibility index (Phi) is 9.09. The van der Waals surface area contributed by atoms with Gasteiger partial charge in [-0.2, -0.15) is 0 Å². The molecule has 0 saturated heterocycles. The molecule has 0 fully saturated rings. The first kappa shape index (κ1) is 12.0. The third kappa shape index (κ3) is 10.0. The zero-order valence-electron chi connectivity index (χ0n) is 8.39. The highest BCUT2D eigenvalue weighted by Crippen LogP contribution is 2.11.